The van der Waals surface area contributed by atoms with Crippen molar-refractivity contribution in [2.75, 3.05) is 4.90 Å². The molecule has 0 aromatic heterocycles. The van der Waals surface area contributed by atoms with Crippen molar-refractivity contribution in [3.8, 4) is 22.3 Å². The van der Waals surface area contributed by atoms with Crippen LogP contribution in [0.15, 0.2) is 121 Å². The van der Waals surface area contributed by atoms with Gasteiger partial charge in [-0.3, -0.25) is 0 Å². The lowest BCUT2D eigenvalue weighted by molar-refractivity contribution is 0.660. The first-order valence-corrected chi connectivity index (χ1v) is 12.7. The highest BCUT2D eigenvalue weighted by Crippen LogP contribution is 2.50. The molecule has 0 bridgehead atoms. The summed E-state index contributed by atoms with van der Waals surface area (Å²) in [6, 6.07) is 44.1. The third-order valence-electron chi connectivity index (χ3n) is 7.54. The predicted octanol–water partition coefficient (Wildman–Crippen LogP) is 8.51. The zero-order valence-corrected chi connectivity index (χ0v) is 21.1. The molecule has 0 amide bonds. The van der Waals surface area contributed by atoms with E-state index in [1.807, 2.05) is 0 Å². The van der Waals surface area contributed by atoms with Crippen molar-refractivity contribution in [1.29, 1.82) is 0 Å². The second-order valence-electron chi connectivity index (χ2n) is 10.0. The molecule has 0 heterocycles. The summed E-state index contributed by atoms with van der Waals surface area (Å²) in [5.41, 5.74) is 12.6. The van der Waals surface area contributed by atoms with Gasteiger partial charge in [0, 0.05) is 22.5 Å². The van der Waals surface area contributed by atoms with Gasteiger partial charge in [-0.05, 0) is 69.8 Å². The number of hydrogen-bond acceptors (Lipinski definition) is 1. The molecular weight excluding hydrogens is 433 g/mol. The monoisotopic (exact) mass is 462 g/mol. The van der Waals surface area contributed by atoms with E-state index < -0.39 is 0 Å². The fourth-order valence-electron chi connectivity index (χ4n) is 5.53. The van der Waals surface area contributed by atoms with E-state index in [0.29, 0.717) is 0 Å². The molecule has 0 unspecified atom stereocenters. The van der Waals surface area contributed by atoms with Gasteiger partial charge in [-0.2, -0.15) is 0 Å². The number of hydrogen-bond donors (Lipinski definition) is 0. The molecule has 1 nitrogen and oxygen atoms in total. The van der Waals surface area contributed by atoms with E-state index in [-0.39, 0.29) is 5.41 Å². The zero-order valence-electron chi connectivity index (χ0n) is 21.1. The van der Waals surface area contributed by atoms with Crippen LogP contribution in [0.3, 0.4) is 0 Å². The van der Waals surface area contributed by atoms with E-state index in [1.165, 1.54) is 44.5 Å². The summed E-state index contributed by atoms with van der Waals surface area (Å²) < 4.78 is 0. The van der Waals surface area contributed by atoms with Crippen LogP contribution in [0, 0.1) is 0 Å². The zero-order chi connectivity index (χ0) is 24.7. The Morgan fingerprint density at radius 2 is 1.08 bits per heavy atom. The van der Waals surface area contributed by atoms with Crippen molar-refractivity contribution in [2.45, 2.75) is 26.1 Å². The van der Waals surface area contributed by atoms with E-state index >= 15 is 0 Å². The molecule has 36 heavy (non-hydrogen) atoms. The number of anilines is 3. The maximum absolute atomic E-state index is 2.39. The molecule has 0 saturated heterocycles. The standard InChI is InChI=1S/C34H29BN/c1-34(2)32-12-8-7-11-30(32)31-22-21-29(23-33(31)34)36(28-19-15-26(35-3)16-20-28)27-17-13-25(14-18-27)24-9-5-4-6-10-24/h4-23H,1-3H3. The second kappa shape index (κ2) is 8.88. The van der Waals surface area contributed by atoms with Crippen LogP contribution in [0.5, 0.6) is 0 Å². The first-order valence-electron chi connectivity index (χ1n) is 12.7. The van der Waals surface area contributed by atoms with E-state index in [1.54, 1.807) is 0 Å². The molecule has 1 radical (unpaired) electrons. The molecule has 0 atom stereocenters. The van der Waals surface area contributed by atoms with Gasteiger partial charge >= 0.3 is 0 Å². The minimum atomic E-state index is -0.0359. The van der Waals surface area contributed by atoms with Crippen molar-refractivity contribution in [3.63, 3.8) is 0 Å². The maximum Gasteiger partial charge on any atom is 0.148 e. The van der Waals surface area contributed by atoms with Crippen LogP contribution in [0.25, 0.3) is 22.3 Å². The molecular formula is C34H29BN. The van der Waals surface area contributed by atoms with Gasteiger partial charge < -0.3 is 4.90 Å². The van der Waals surface area contributed by atoms with Gasteiger partial charge in [-0.15, -0.1) is 0 Å². The Kier molecular flexibility index (Phi) is 5.53. The van der Waals surface area contributed by atoms with Crippen molar-refractivity contribution in [3.05, 3.63) is 132 Å². The largest absolute Gasteiger partial charge is 0.310 e. The van der Waals surface area contributed by atoms with Gasteiger partial charge in [0.1, 0.15) is 7.28 Å². The average molecular weight is 462 g/mol. The van der Waals surface area contributed by atoms with Crippen LogP contribution in [0.1, 0.15) is 25.0 Å². The summed E-state index contributed by atoms with van der Waals surface area (Å²) >= 11 is 0. The number of nitrogens with zero attached hydrogens (tertiary/aromatic N) is 1. The highest BCUT2D eigenvalue weighted by Gasteiger charge is 2.35. The molecule has 1 aliphatic rings. The number of benzene rings is 5. The summed E-state index contributed by atoms with van der Waals surface area (Å²) in [7, 11) is 2.14. The molecule has 2 heteroatoms. The Labute approximate surface area is 215 Å². The molecule has 1 aliphatic carbocycles. The van der Waals surface area contributed by atoms with E-state index in [0.717, 1.165) is 11.4 Å². The summed E-state index contributed by atoms with van der Waals surface area (Å²) in [5, 5.41) is 0. The Hall–Kier alpha value is -4.04. The van der Waals surface area contributed by atoms with Crippen molar-refractivity contribution < 1.29 is 0 Å². The van der Waals surface area contributed by atoms with E-state index in [9.17, 15) is 0 Å². The van der Waals surface area contributed by atoms with E-state index in [4.69, 9.17) is 0 Å². The molecule has 0 N–H and O–H groups in total. The third-order valence-corrected chi connectivity index (χ3v) is 7.54. The van der Waals surface area contributed by atoms with Crippen molar-refractivity contribution >= 4 is 29.8 Å². The van der Waals surface area contributed by atoms with Gasteiger partial charge in [0.15, 0.2) is 0 Å². The summed E-state index contributed by atoms with van der Waals surface area (Å²) in [6.45, 7) is 6.76. The van der Waals surface area contributed by atoms with Crippen molar-refractivity contribution in [1.82, 2.24) is 0 Å². The SMILES string of the molecule is C[B]c1ccc(N(c2ccc(-c3ccccc3)cc2)c2ccc3c(c2)C(C)(C)c2ccccc2-3)cc1. The van der Waals surface area contributed by atoms with Gasteiger partial charge in [0.25, 0.3) is 0 Å². The quantitative estimate of drug-likeness (QED) is 0.237. The Morgan fingerprint density at radius 1 is 0.528 bits per heavy atom. The van der Waals surface area contributed by atoms with Crippen LogP contribution < -0.4 is 10.4 Å². The summed E-state index contributed by atoms with van der Waals surface area (Å²) in [6.07, 6.45) is 0. The van der Waals surface area contributed by atoms with Crippen LogP contribution in [0.4, 0.5) is 17.1 Å². The van der Waals surface area contributed by atoms with Gasteiger partial charge in [-0.1, -0.05) is 111 Å². The summed E-state index contributed by atoms with van der Waals surface area (Å²) in [4.78, 5) is 2.37. The first kappa shape index (κ1) is 22.4. The predicted molar refractivity (Wildman–Crippen MR) is 155 cm³/mol. The van der Waals surface area contributed by atoms with E-state index in [2.05, 4.69) is 154 Å². The van der Waals surface area contributed by atoms with Crippen LogP contribution in [-0.2, 0) is 5.41 Å². The smallest absolute Gasteiger partial charge is 0.148 e. The normalized spacial score (nSPS) is 13.1. The highest BCUT2D eigenvalue weighted by molar-refractivity contribution is 6.51. The minimum absolute atomic E-state index is 0.0359. The molecule has 0 saturated carbocycles. The molecule has 173 valence electrons. The number of rotatable bonds is 5. The van der Waals surface area contributed by atoms with Crippen LogP contribution in [0.2, 0.25) is 6.82 Å². The topological polar surface area (TPSA) is 3.24 Å². The molecule has 0 fully saturated rings. The maximum atomic E-state index is 2.39. The molecule has 5 aromatic rings. The van der Waals surface area contributed by atoms with Crippen LogP contribution in [-0.4, -0.2) is 7.28 Å². The Balaban J connectivity index is 1.47. The second-order valence-corrected chi connectivity index (χ2v) is 10.0. The Bertz CT molecular complexity index is 1520. The van der Waals surface area contributed by atoms with Gasteiger partial charge in [-0.25, -0.2) is 0 Å². The fourth-order valence-corrected chi connectivity index (χ4v) is 5.53. The highest BCUT2D eigenvalue weighted by atomic mass is 15.1. The molecule has 0 spiro atoms. The lowest BCUT2D eigenvalue weighted by Gasteiger charge is -2.28. The minimum Gasteiger partial charge on any atom is -0.310 e. The van der Waals surface area contributed by atoms with Gasteiger partial charge in [0.05, 0.1) is 0 Å². The van der Waals surface area contributed by atoms with Crippen molar-refractivity contribution in [2.24, 2.45) is 0 Å². The molecule has 6 rings (SSSR count). The van der Waals surface area contributed by atoms with Gasteiger partial charge in [0.2, 0.25) is 0 Å². The fraction of sp³-hybridized carbons (Fsp3) is 0.118. The third kappa shape index (κ3) is 3.74. The van der Waals surface area contributed by atoms with Crippen LogP contribution >= 0.6 is 0 Å². The lowest BCUT2D eigenvalue weighted by atomic mass is 9.73. The lowest BCUT2D eigenvalue weighted by Crippen LogP contribution is -2.17. The Morgan fingerprint density at radius 3 is 1.78 bits per heavy atom. The number of fused-ring (bicyclic) bond motifs is 3. The average Bonchev–Trinajstić information content (AvgIpc) is 3.16. The summed E-state index contributed by atoms with van der Waals surface area (Å²) in [5.74, 6) is 0. The molecule has 0 aliphatic heterocycles. The molecule has 5 aromatic carbocycles. The first-order chi connectivity index (χ1) is 17.6.